The van der Waals surface area contributed by atoms with E-state index < -0.39 is 0 Å². The summed E-state index contributed by atoms with van der Waals surface area (Å²) in [6, 6.07) is 5.55. The Kier molecular flexibility index (Phi) is 6.78. The summed E-state index contributed by atoms with van der Waals surface area (Å²) in [5.74, 6) is 2.11. The van der Waals surface area contributed by atoms with E-state index >= 15 is 0 Å². The van der Waals surface area contributed by atoms with Crippen molar-refractivity contribution >= 4 is 5.91 Å². The van der Waals surface area contributed by atoms with Crippen LogP contribution in [0.5, 0.6) is 11.5 Å². The van der Waals surface area contributed by atoms with E-state index in [4.69, 9.17) is 9.47 Å². The lowest BCUT2D eigenvalue weighted by Gasteiger charge is -2.35. The first-order chi connectivity index (χ1) is 12.7. The molecular weight excluding hydrogens is 328 g/mol. The molecule has 3 rings (SSSR count). The molecule has 1 N–H and O–H groups in total. The van der Waals surface area contributed by atoms with Gasteiger partial charge in [-0.1, -0.05) is 19.3 Å². The zero-order chi connectivity index (χ0) is 18.4. The first kappa shape index (κ1) is 19.0. The molecule has 0 spiro atoms. The minimum Gasteiger partial charge on any atom is -0.497 e. The van der Waals surface area contributed by atoms with Crippen molar-refractivity contribution in [2.75, 3.05) is 33.9 Å². The second-order valence-electron chi connectivity index (χ2n) is 7.65. The van der Waals surface area contributed by atoms with Crippen LogP contribution in [-0.2, 0) is 0 Å². The standard InChI is InChI=1S/C21H32N2O3/c1-25-19-12-17(13-20(14-19)26-2)21(24)22-18-8-10-23(11-9-18)15-16-6-4-3-5-7-16/h12-14,16,18H,3-11,15H2,1-2H3,(H,22,24). The zero-order valence-electron chi connectivity index (χ0n) is 16.1. The van der Waals surface area contributed by atoms with E-state index in [1.54, 1.807) is 32.4 Å². The number of carbonyl (C=O) groups excluding carboxylic acids is 1. The number of nitrogens with zero attached hydrogens (tertiary/aromatic N) is 1. The number of piperidine rings is 1. The molecule has 0 bridgehead atoms. The molecule has 2 aliphatic rings. The quantitative estimate of drug-likeness (QED) is 0.844. The van der Waals surface area contributed by atoms with Crippen LogP contribution in [0.15, 0.2) is 18.2 Å². The molecule has 0 unspecified atom stereocenters. The van der Waals surface area contributed by atoms with Gasteiger partial charge in [-0.3, -0.25) is 4.79 Å². The number of ether oxygens (including phenoxy) is 2. The SMILES string of the molecule is COc1cc(OC)cc(C(=O)NC2CCN(CC3CCCCC3)CC2)c1. The van der Waals surface area contributed by atoms with Crippen molar-refractivity contribution < 1.29 is 14.3 Å². The number of hydrogen-bond acceptors (Lipinski definition) is 4. The number of amides is 1. The highest BCUT2D eigenvalue weighted by Crippen LogP contribution is 2.26. The summed E-state index contributed by atoms with van der Waals surface area (Å²) in [5.41, 5.74) is 0.589. The number of hydrogen-bond donors (Lipinski definition) is 1. The van der Waals surface area contributed by atoms with E-state index in [1.807, 2.05) is 0 Å². The van der Waals surface area contributed by atoms with Gasteiger partial charge in [-0.25, -0.2) is 0 Å². The molecule has 1 saturated heterocycles. The summed E-state index contributed by atoms with van der Waals surface area (Å²) in [4.78, 5) is 15.2. The van der Waals surface area contributed by atoms with E-state index in [1.165, 1.54) is 38.6 Å². The average Bonchev–Trinajstić information content (AvgIpc) is 2.69. The molecular formula is C21H32N2O3. The van der Waals surface area contributed by atoms with E-state index in [-0.39, 0.29) is 11.9 Å². The van der Waals surface area contributed by atoms with Crippen LogP contribution in [0.3, 0.4) is 0 Å². The Bertz CT molecular complexity index is 569. The molecule has 1 aliphatic carbocycles. The molecule has 0 radical (unpaired) electrons. The molecule has 1 aromatic rings. The third-order valence-electron chi connectivity index (χ3n) is 5.78. The lowest BCUT2D eigenvalue weighted by atomic mass is 9.88. The Morgan fingerprint density at radius 1 is 1.00 bits per heavy atom. The second-order valence-corrected chi connectivity index (χ2v) is 7.65. The van der Waals surface area contributed by atoms with Gasteiger partial charge in [-0.05, 0) is 43.7 Å². The van der Waals surface area contributed by atoms with E-state index in [2.05, 4.69) is 10.2 Å². The van der Waals surface area contributed by atoms with E-state index in [0.717, 1.165) is 31.8 Å². The van der Waals surface area contributed by atoms with Crippen LogP contribution in [0, 0.1) is 5.92 Å². The van der Waals surface area contributed by atoms with Gasteiger partial charge in [-0.2, -0.15) is 0 Å². The number of rotatable bonds is 6. The van der Waals surface area contributed by atoms with E-state index in [9.17, 15) is 4.79 Å². The fourth-order valence-corrected chi connectivity index (χ4v) is 4.20. The van der Waals surface area contributed by atoms with Crippen LogP contribution in [0.25, 0.3) is 0 Å². The third kappa shape index (κ3) is 5.13. The highest BCUT2D eigenvalue weighted by atomic mass is 16.5. The minimum absolute atomic E-state index is 0.0482. The summed E-state index contributed by atoms with van der Waals surface area (Å²) < 4.78 is 10.5. The van der Waals surface area contributed by atoms with Gasteiger partial charge in [0.15, 0.2) is 0 Å². The summed E-state index contributed by atoms with van der Waals surface area (Å²) in [6.07, 6.45) is 9.07. The number of benzene rings is 1. The highest BCUT2D eigenvalue weighted by Gasteiger charge is 2.24. The minimum atomic E-state index is -0.0482. The summed E-state index contributed by atoms with van der Waals surface area (Å²) in [5, 5.41) is 3.19. The molecule has 1 saturated carbocycles. The second kappa shape index (κ2) is 9.26. The zero-order valence-corrected chi connectivity index (χ0v) is 16.1. The van der Waals surface area contributed by atoms with Crippen molar-refractivity contribution in [1.82, 2.24) is 10.2 Å². The van der Waals surface area contributed by atoms with Crippen molar-refractivity contribution in [2.45, 2.75) is 51.0 Å². The van der Waals surface area contributed by atoms with Gasteiger partial charge in [0.05, 0.1) is 14.2 Å². The first-order valence-corrected chi connectivity index (χ1v) is 9.94. The molecule has 2 fully saturated rings. The molecule has 1 aliphatic heterocycles. The normalized spacial score (nSPS) is 19.9. The molecule has 0 atom stereocenters. The van der Waals surface area contributed by atoms with Crippen LogP contribution >= 0.6 is 0 Å². The van der Waals surface area contributed by atoms with Crippen molar-refractivity contribution in [3.05, 3.63) is 23.8 Å². The Morgan fingerprint density at radius 2 is 1.62 bits per heavy atom. The van der Waals surface area contributed by atoms with Crippen molar-refractivity contribution in [1.29, 1.82) is 0 Å². The van der Waals surface area contributed by atoms with Gasteiger partial charge < -0.3 is 19.7 Å². The van der Waals surface area contributed by atoms with Gasteiger partial charge >= 0.3 is 0 Å². The predicted octanol–water partition coefficient (Wildman–Crippen LogP) is 3.48. The molecule has 1 aromatic carbocycles. The summed E-state index contributed by atoms with van der Waals surface area (Å²) in [6.45, 7) is 3.42. The molecule has 5 nitrogen and oxygen atoms in total. The lowest BCUT2D eigenvalue weighted by Crippen LogP contribution is -2.45. The van der Waals surface area contributed by atoms with Crippen LogP contribution in [-0.4, -0.2) is 50.7 Å². The molecule has 1 amide bonds. The van der Waals surface area contributed by atoms with E-state index in [0.29, 0.717) is 17.1 Å². The van der Waals surface area contributed by atoms with Crippen LogP contribution < -0.4 is 14.8 Å². The molecule has 1 heterocycles. The third-order valence-corrected chi connectivity index (χ3v) is 5.78. The van der Waals surface area contributed by atoms with Gasteiger partial charge in [0, 0.05) is 37.3 Å². The van der Waals surface area contributed by atoms with Gasteiger partial charge in [-0.15, -0.1) is 0 Å². The molecule has 5 heteroatoms. The maximum atomic E-state index is 12.6. The molecule has 26 heavy (non-hydrogen) atoms. The Hall–Kier alpha value is -1.75. The van der Waals surface area contributed by atoms with Crippen molar-refractivity contribution in [3.8, 4) is 11.5 Å². The van der Waals surface area contributed by atoms with Crippen LogP contribution in [0.4, 0.5) is 0 Å². The maximum absolute atomic E-state index is 12.6. The number of methoxy groups -OCH3 is 2. The Morgan fingerprint density at radius 3 is 2.19 bits per heavy atom. The molecule has 144 valence electrons. The predicted molar refractivity (Wildman–Crippen MR) is 103 cm³/mol. The van der Waals surface area contributed by atoms with Gasteiger partial charge in [0.25, 0.3) is 5.91 Å². The average molecular weight is 360 g/mol. The Labute approximate surface area is 157 Å². The summed E-state index contributed by atoms with van der Waals surface area (Å²) >= 11 is 0. The topological polar surface area (TPSA) is 50.8 Å². The summed E-state index contributed by atoms with van der Waals surface area (Å²) in [7, 11) is 3.19. The largest absolute Gasteiger partial charge is 0.497 e. The van der Waals surface area contributed by atoms with Crippen LogP contribution in [0.1, 0.15) is 55.3 Å². The van der Waals surface area contributed by atoms with Crippen molar-refractivity contribution in [2.24, 2.45) is 5.92 Å². The fraction of sp³-hybridized carbons (Fsp3) is 0.667. The fourth-order valence-electron chi connectivity index (χ4n) is 4.20. The smallest absolute Gasteiger partial charge is 0.251 e. The van der Waals surface area contributed by atoms with Gasteiger partial charge in [0.2, 0.25) is 0 Å². The monoisotopic (exact) mass is 360 g/mol. The lowest BCUT2D eigenvalue weighted by molar-refractivity contribution is 0.0901. The molecule has 0 aromatic heterocycles. The number of likely N-dealkylation sites (tertiary alicyclic amines) is 1. The van der Waals surface area contributed by atoms with Crippen LogP contribution in [0.2, 0.25) is 0 Å². The first-order valence-electron chi connectivity index (χ1n) is 9.94. The highest BCUT2D eigenvalue weighted by molar-refractivity contribution is 5.95. The number of nitrogens with one attached hydrogen (secondary N) is 1. The Balaban J connectivity index is 1.48. The maximum Gasteiger partial charge on any atom is 0.251 e. The van der Waals surface area contributed by atoms with Gasteiger partial charge in [0.1, 0.15) is 11.5 Å². The number of carbonyl (C=O) groups is 1. The van der Waals surface area contributed by atoms with Crippen molar-refractivity contribution in [3.63, 3.8) is 0 Å².